The van der Waals surface area contributed by atoms with Crippen molar-refractivity contribution in [3.63, 3.8) is 0 Å². The van der Waals surface area contributed by atoms with Gasteiger partial charge in [0.05, 0.1) is 4.92 Å². The molecule has 1 saturated carbocycles. The maximum atomic E-state index is 11.9. The van der Waals surface area contributed by atoms with Crippen molar-refractivity contribution in [3.8, 4) is 0 Å². The smallest absolute Gasteiger partial charge is 0.270 e. The molecule has 0 aliphatic heterocycles. The molecule has 1 aliphatic rings. The van der Waals surface area contributed by atoms with Crippen LogP contribution in [0.3, 0.4) is 0 Å². The van der Waals surface area contributed by atoms with Gasteiger partial charge in [0.1, 0.15) is 0 Å². The molecule has 0 N–H and O–H groups in total. The summed E-state index contributed by atoms with van der Waals surface area (Å²) in [4.78, 5) is 22.2. The van der Waals surface area contributed by atoms with Gasteiger partial charge in [-0.15, -0.1) is 0 Å². The van der Waals surface area contributed by atoms with Gasteiger partial charge in [0.2, 0.25) is 0 Å². The molecular formula is C14H15NO3. The van der Waals surface area contributed by atoms with E-state index >= 15 is 0 Å². The first-order valence-electron chi connectivity index (χ1n) is 6.07. The Kier molecular flexibility index (Phi) is 3.55. The minimum absolute atomic E-state index is 0.0562. The van der Waals surface area contributed by atoms with Gasteiger partial charge in [0.15, 0.2) is 5.78 Å². The first-order chi connectivity index (χ1) is 8.58. The van der Waals surface area contributed by atoms with Gasteiger partial charge >= 0.3 is 0 Å². The van der Waals surface area contributed by atoms with E-state index in [9.17, 15) is 14.9 Å². The van der Waals surface area contributed by atoms with Crippen LogP contribution in [0.15, 0.2) is 29.8 Å². The van der Waals surface area contributed by atoms with Crippen LogP contribution < -0.4 is 0 Å². The predicted octanol–water partition coefficient (Wildman–Crippen LogP) is 3.37. The van der Waals surface area contributed by atoms with Crippen LogP contribution >= 0.6 is 0 Å². The van der Waals surface area contributed by atoms with Crippen LogP contribution in [0.5, 0.6) is 0 Å². The van der Waals surface area contributed by atoms with E-state index in [0.29, 0.717) is 0 Å². The molecule has 0 radical (unpaired) electrons. The standard InChI is InChI=1S/C14H15NO3/c1-10-4-2-6-12(14(10)16)8-11-5-3-7-13(9-11)15(17)18/h3,5,7-10H,2,4,6H2,1H3/b12-8+/t10-/m0/s1. The number of nitro benzene ring substituents is 1. The van der Waals surface area contributed by atoms with Gasteiger partial charge < -0.3 is 0 Å². The zero-order valence-corrected chi connectivity index (χ0v) is 10.3. The van der Waals surface area contributed by atoms with Crippen LogP contribution in [-0.4, -0.2) is 10.7 Å². The topological polar surface area (TPSA) is 60.2 Å². The molecule has 1 aliphatic carbocycles. The zero-order chi connectivity index (χ0) is 13.1. The fourth-order valence-electron chi connectivity index (χ4n) is 2.24. The molecule has 0 bridgehead atoms. The molecule has 1 aromatic carbocycles. The minimum Gasteiger partial charge on any atom is -0.294 e. The molecule has 0 aromatic heterocycles. The van der Waals surface area contributed by atoms with Crippen LogP contribution in [0.25, 0.3) is 6.08 Å². The van der Waals surface area contributed by atoms with Crippen molar-refractivity contribution in [2.24, 2.45) is 5.92 Å². The fraction of sp³-hybridized carbons (Fsp3) is 0.357. The molecule has 18 heavy (non-hydrogen) atoms. The summed E-state index contributed by atoms with van der Waals surface area (Å²) >= 11 is 0. The average molecular weight is 245 g/mol. The van der Waals surface area contributed by atoms with E-state index in [1.807, 2.05) is 6.92 Å². The van der Waals surface area contributed by atoms with Gasteiger partial charge in [-0.05, 0) is 36.5 Å². The number of hydrogen-bond acceptors (Lipinski definition) is 3. The number of Topliss-reactive ketones (excluding diaryl/α,β-unsaturated/α-hetero) is 1. The van der Waals surface area contributed by atoms with E-state index in [0.717, 1.165) is 30.4 Å². The predicted molar refractivity (Wildman–Crippen MR) is 69.1 cm³/mol. The number of nitrogens with zero attached hydrogens (tertiary/aromatic N) is 1. The molecule has 0 spiro atoms. The number of benzene rings is 1. The van der Waals surface area contributed by atoms with Crippen molar-refractivity contribution in [2.45, 2.75) is 26.2 Å². The van der Waals surface area contributed by atoms with Gasteiger partial charge in [-0.3, -0.25) is 14.9 Å². The summed E-state index contributed by atoms with van der Waals surface area (Å²) in [7, 11) is 0. The molecule has 1 aromatic rings. The van der Waals surface area contributed by atoms with Crippen LogP contribution in [0.2, 0.25) is 0 Å². The van der Waals surface area contributed by atoms with Crippen molar-refractivity contribution in [1.29, 1.82) is 0 Å². The number of carbonyl (C=O) groups is 1. The highest BCUT2D eigenvalue weighted by Crippen LogP contribution is 2.27. The lowest BCUT2D eigenvalue weighted by molar-refractivity contribution is -0.384. The molecule has 4 heteroatoms. The Balaban J connectivity index is 2.29. The first-order valence-corrected chi connectivity index (χ1v) is 6.07. The maximum Gasteiger partial charge on any atom is 0.270 e. The monoisotopic (exact) mass is 245 g/mol. The number of nitro groups is 1. The van der Waals surface area contributed by atoms with E-state index in [1.54, 1.807) is 18.2 Å². The Hall–Kier alpha value is -1.97. The molecule has 0 heterocycles. The Bertz CT molecular complexity index is 520. The molecular weight excluding hydrogens is 230 g/mol. The van der Waals surface area contributed by atoms with E-state index in [2.05, 4.69) is 0 Å². The summed E-state index contributed by atoms with van der Waals surface area (Å²) in [5.74, 6) is 0.247. The molecule has 4 nitrogen and oxygen atoms in total. The van der Waals surface area contributed by atoms with Crippen LogP contribution in [0.4, 0.5) is 5.69 Å². The van der Waals surface area contributed by atoms with Gasteiger partial charge in [-0.2, -0.15) is 0 Å². The summed E-state index contributed by atoms with van der Waals surface area (Å²) in [6, 6.07) is 6.38. The van der Waals surface area contributed by atoms with Crippen molar-refractivity contribution in [1.82, 2.24) is 0 Å². The Morgan fingerprint density at radius 1 is 1.44 bits per heavy atom. The Morgan fingerprint density at radius 3 is 2.94 bits per heavy atom. The highest BCUT2D eigenvalue weighted by molar-refractivity contribution is 6.01. The summed E-state index contributed by atoms with van der Waals surface area (Å²) < 4.78 is 0. The van der Waals surface area contributed by atoms with Crippen molar-refractivity contribution in [2.75, 3.05) is 0 Å². The summed E-state index contributed by atoms with van der Waals surface area (Å²) in [6.45, 7) is 1.93. The molecule has 0 saturated heterocycles. The number of carbonyl (C=O) groups excluding carboxylic acids is 1. The van der Waals surface area contributed by atoms with Crippen molar-refractivity contribution >= 4 is 17.5 Å². The van der Waals surface area contributed by atoms with E-state index in [1.165, 1.54) is 12.1 Å². The second kappa shape index (κ2) is 5.12. The van der Waals surface area contributed by atoms with Gasteiger partial charge in [0, 0.05) is 18.1 Å². The van der Waals surface area contributed by atoms with Gasteiger partial charge in [0.25, 0.3) is 5.69 Å². The number of allylic oxidation sites excluding steroid dienone is 1. The lowest BCUT2D eigenvalue weighted by Crippen LogP contribution is -2.18. The summed E-state index contributed by atoms with van der Waals surface area (Å²) in [5.41, 5.74) is 1.57. The zero-order valence-electron chi connectivity index (χ0n) is 10.3. The number of non-ortho nitro benzene ring substituents is 1. The highest BCUT2D eigenvalue weighted by Gasteiger charge is 2.22. The second-order valence-corrected chi connectivity index (χ2v) is 4.68. The average Bonchev–Trinajstić information content (AvgIpc) is 2.35. The summed E-state index contributed by atoms with van der Waals surface area (Å²) in [6.07, 6.45) is 4.50. The molecule has 1 fully saturated rings. The molecule has 0 amide bonds. The van der Waals surface area contributed by atoms with E-state index < -0.39 is 4.92 Å². The third-order valence-electron chi connectivity index (χ3n) is 3.27. The molecule has 1 atom stereocenters. The number of ketones is 1. The van der Waals surface area contributed by atoms with Crippen LogP contribution in [0.1, 0.15) is 31.7 Å². The van der Waals surface area contributed by atoms with Crippen molar-refractivity contribution < 1.29 is 9.72 Å². The lowest BCUT2D eigenvalue weighted by Gasteiger charge is -2.19. The normalized spacial score (nSPS) is 22.2. The highest BCUT2D eigenvalue weighted by atomic mass is 16.6. The Labute approximate surface area is 105 Å². The molecule has 94 valence electrons. The third kappa shape index (κ3) is 2.64. The van der Waals surface area contributed by atoms with Crippen LogP contribution in [-0.2, 0) is 4.79 Å². The SMILES string of the molecule is C[C@H]1CCC/C(=C\c2cccc([N+](=O)[O-])c2)C1=O. The lowest BCUT2D eigenvalue weighted by atomic mass is 9.84. The number of rotatable bonds is 2. The van der Waals surface area contributed by atoms with E-state index in [-0.39, 0.29) is 17.4 Å². The largest absolute Gasteiger partial charge is 0.294 e. The molecule has 0 unspecified atom stereocenters. The van der Waals surface area contributed by atoms with Crippen LogP contribution in [0, 0.1) is 16.0 Å². The van der Waals surface area contributed by atoms with Gasteiger partial charge in [-0.25, -0.2) is 0 Å². The quantitative estimate of drug-likeness (QED) is 0.456. The minimum atomic E-state index is -0.423. The number of hydrogen-bond donors (Lipinski definition) is 0. The van der Waals surface area contributed by atoms with Crippen molar-refractivity contribution in [3.05, 3.63) is 45.5 Å². The fourth-order valence-corrected chi connectivity index (χ4v) is 2.24. The van der Waals surface area contributed by atoms with E-state index in [4.69, 9.17) is 0 Å². The molecule has 2 rings (SSSR count). The second-order valence-electron chi connectivity index (χ2n) is 4.68. The third-order valence-corrected chi connectivity index (χ3v) is 3.27. The Morgan fingerprint density at radius 2 is 2.22 bits per heavy atom. The maximum absolute atomic E-state index is 11.9. The summed E-state index contributed by atoms with van der Waals surface area (Å²) in [5, 5.41) is 10.7. The first kappa shape index (κ1) is 12.5. The van der Waals surface area contributed by atoms with Gasteiger partial charge in [-0.1, -0.05) is 19.1 Å².